The Bertz CT molecular complexity index is 602. The largest absolute Gasteiger partial charge is 0.351 e. The van der Waals surface area contributed by atoms with Crippen LogP contribution in [-0.4, -0.2) is 31.1 Å². The fraction of sp³-hybridized carbons (Fsp3) is 0.667. The average molecular weight is 300 g/mol. The topological polar surface area (TPSA) is 118 Å². The quantitative estimate of drug-likeness (QED) is 0.717. The summed E-state index contributed by atoms with van der Waals surface area (Å²) in [6.07, 6.45) is 2.59. The zero-order valence-corrected chi connectivity index (χ0v) is 12.5. The molecule has 0 aliphatic heterocycles. The molecule has 2 rings (SSSR count). The molecule has 0 saturated heterocycles. The summed E-state index contributed by atoms with van der Waals surface area (Å²) in [5.74, 6) is 0.0695. The lowest BCUT2D eigenvalue weighted by molar-refractivity contribution is 0.0943. The summed E-state index contributed by atoms with van der Waals surface area (Å²) < 4.78 is 23.4. The van der Waals surface area contributed by atoms with Gasteiger partial charge >= 0.3 is 0 Å². The molecule has 0 aromatic carbocycles. The SMILES string of the molecule is CC(C)CCNC(=O)c1n[nH]c(C2CC2)c1S(N)(=O)=O. The molecule has 8 heteroatoms. The van der Waals surface area contributed by atoms with Gasteiger partial charge in [-0.2, -0.15) is 5.10 Å². The number of hydrogen-bond donors (Lipinski definition) is 3. The lowest BCUT2D eigenvalue weighted by atomic mass is 10.1. The Balaban J connectivity index is 2.21. The first-order valence-electron chi connectivity index (χ1n) is 6.70. The van der Waals surface area contributed by atoms with Crippen molar-refractivity contribution in [3.63, 3.8) is 0 Å². The van der Waals surface area contributed by atoms with Gasteiger partial charge in [0.25, 0.3) is 5.91 Å². The van der Waals surface area contributed by atoms with Crippen LogP contribution in [0, 0.1) is 5.92 Å². The summed E-state index contributed by atoms with van der Waals surface area (Å²) in [5.41, 5.74) is 0.333. The summed E-state index contributed by atoms with van der Waals surface area (Å²) in [6, 6.07) is 0. The van der Waals surface area contributed by atoms with E-state index in [0.29, 0.717) is 18.2 Å². The molecule has 1 saturated carbocycles. The highest BCUT2D eigenvalue weighted by atomic mass is 32.2. The van der Waals surface area contributed by atoms with Gasteiger partial charge in [0.15, 0.2) is 5.69 Å². The van der Waals surface area contributed by atoms with Crippen LogP contribution < -0.4 is 10.5 Å². The van der Waals surface area contributed by atoms with Gasteiger partial charge in [-0.3, -0.25) is 9.89 Å². The number of carbonyl (C=O) groups is 1. The number of aromatic nitrogens is 2. The van der Waals surface area contributed by atoms with E-state index in [9.17, 15) is 13.2 Å². The Labute approximate surface area is 118 Å². The molecule has 0 bridgehead atoms. The third-order valence-corrected chi connectivity index (χ3v) is 4.22. The second-order valence-electron chi connectivity index (χ2n) is 5.57. The van der Waals surface area contributed by atoms with Crippen LogP contribution in [0.5, 0.6) is 0 Å². The first-order chi connectivity index (χ1) is 9.30. The minimum atomic E-state index is -3.97. The molecule has 1 aliphatic rings. The number of H-pyrrole nitrogens is 1. The summed E-state index contributed by atoms with van der Waals surface area (Å²) >= 11 is 0. The average Bonchev–Trinajstić information content (AvgIpc) is 3.05. The molecule has 0 radical (unpaired) electrons. The summed E-state index contributed by atoms with van der Waals surface area (Å²) in [7, 11) is -3.97. The molecule has 1 fully saturated rings. The van der Waals surface area contributed by atoms with Crippen molar-refractivity contribution >= 4 is 15.9 Å². The number of primary sulfonamides is 1. The van der Waals surface area contributed by atoms with Gasteiger partial charge in [-0.1, -0.05) is 13.8 Å². The molecule has 7 nitrogen and oxygen atoms in total. The zero-order chi connectivity index (χ0) is 14.9. The second-order valence-corrected chi connectivity index (χ2v) is 7.07. The van der Waals surface area contributed by atoms with Crippen molar-refractivity contribution in [2.45, 2.75) is 43.9 Å². The first-order valence-corrected chi connectivity index (χ1v) is 8.24. The van der Waals surface area contributed by atoms with Crippen molar-refractivity contribution in [2.75, 3.05) is 6.54 Å². The Morgan fingerprint density at radius 2 is 2.15 bits per heavy atom. The Morgan fingerprint density at radius 3 is 2.65 bits per heavy atom. The number of carbonyl (C=O) groups excluding carboxylic acids is 1. The van der Waals surface area contributed by atoms with E-state index in [-0.39, 0.29) is 16.5 Å². The minimum Gasteiger partial charge on any atom is -0.351 e. The summed E-state index contributed by atoms with van der Waals surface area (Å²) in [5, 5.41) is 14.4. The van der Waals surface area contributed by atoms with E-state index in [1.807, 2.05) is 13.8 Å². The van der Waals surface area contributed by atoms with Crippen LogP contribution in [0.4, 0.5) is 0 Å². The number of rotatable bonds is 6. The highest BCUT2D eigenvalue weighted by molar-refractivity contribution is 7.89. The third-order valence-electron chi connectivity index (χ3n) is 3.24. The van der Waals surface area contributed by atoms with E-state index in [1.54, 1.807) is 0 Å². The van der Waals surface area contributed by atoms with Crippen molar-refractivity contribution < 1.29 is 13.2 Å². The van der Waals surface area contributed by atoms with E-state index in [0.717, 1.165) is 19.3 Å². The fourth-order valence-corrected chi connectivity index (χ4v) is 2.92. The minimum absolute atomic E-state index is 0.119. The molecule has 4 N–H and O–H groups in total. The third kappa shape index (κ3) is 3.37. The maximum Gasteiger partial charge on any atom is 0.273 e. The molecular formula is C12H20N4O3S. The maximum absolute atomic E-state index is 12.0. The van der Waals surface area contributed by atoms with Crippen LogP contribution in [0.25, 0.3) is 0 Å². The van der Waals surface area contributed by atoms with Gasteiger partial charge < -0.3 is 5.32 Å². The van der Waals surface area contributed by atoms with Crippen molar-refractivity contribution in [2.24, 2.45) is 11.1 Å². The summed E-state index contributed by atoms with van der Waals surface area (Å²) in [6.45, 7) is 4.57. The molecule has 20 heavy (non-hydrogen) atoms. The number of sulfonamides is 1. The predicted molar refractivity (Wildman–Crippen MR) is 73.7 cm³/mol. The van der Waals surface area contributed by atoms with Crippen molar-refractivity contribution in [3.05, 3.63) is 11.4 Å². The van der Waals surface area contributed by atoms with Crippen molar-refractivity contribution in [1.29, 1.82) is 0 Å². The van der Waals surface area contributed by atoms with Gasteiger partial charge in [-0.05, 0) is 25.2 Å². The van der Waals surface area contributed by atoms with Crippen LogP contribution in [0.15, 0.2) is 4.90 Å². The van der Waals surface area contributed by atoms with Gasteiger partial charge in [0.05, 0.1) is 5.69 Å². The second kappa shape index (κ2) is 5.53. The lowest BCUT2D eigenvalue weighted by Crippen LogP contribution is -2.28. The lowest BCUT2D eigenvalue weighted by Gasteiger charge is -2.07. The molecular weight excluding hydrogens is 280 g/mol. The van der Waals surface area contributed by atoms with E-state index < -0.39 is 15.9 Å². The normalized spacial score (nSPS) is 15.6. The maximum atomic E-state index is 12.0. The molecule has 0 unspecified atom stereocenters. The standard InChI is InChI=1S/C12H20N4O3S/c1-7(2)5-6-14-12(17)10-11(20(13,18)19)9(15-16-10)8-3-4-8/h7-8H,3-6H2,1-2H3,(H,14,17)(H,15,16)(H2,13,18,19). The molecule has 1 amide bonds. The molecule has 112 valence electrons. The monoisotopic (exact) mass is 300 g/mol. The van der Waals surface area contributed by atoms with E-state index in [2.05, 4.69) is 15.5 Å². The predicted octanol–water partition coefficient (Wildman–Crippen LogP) is 0.710. The first kappa shape index (κ1) is 15.0. The molecule has 1 aromatic heterocycles. The molecule has 1 aliphatic carbocycles. The molecule has 1 heterocycles. The summed E-state index contributed by atoms with van der Waals surface area (Å²) in [4.78, 5) is 11.9. The van der Waals surface area contributed by atoms with Crippen LogP contribution in [0.1, 0.15) is 55.2 Å². The van der Waals surface area contributed by atoms with Crippen molar-refractivity contribution in [3.8, 4) is 0 Å². The molecule has 0 spiro atoms. The van der Waals surface area contributed by atoms with Crippen molar-refractivity contribution in [1.82, 2.24) is 15.5 Å². The fourth-order valence-electron chi connectivity index (χ4n) is 1.99. The van der Waals surface area contributed by atoms with Gasteiger partial charge in [-0.25, -0.2) is 13.6 Å². The number of amides is 1. The van der Waals surface area contributed by atoms with Crippen LogP contribution in [0.2, 0.25) is 0 Å². The number of nitrogens with two attached hydrogens (primary N) is 1. The number of aromatic amines is 1. The highest BCUT2D eigenvalue weighted by Crippen LogP contribution is 2.42. The van der Waals surface area contributed by atoms with E-state index >= 15 is 0 Å². The van der Waals surface area contributed by atoms with Gasteiger partial charge in [0, 0.05) is 12.5 Å². The highest BCUT2D eigenvalue weighted by Gasteiger charge is 2.35. The van der Waals surface area contributed by atoms with E-state index in [1.165, 1.54) is 0 Å². The molecule has 1 aromatic rings. The Morgan fingerprint density at radius 1 is 1.50 bits per heavy atom. The number of nitrogens with zero attached hydrogens (tertiary/aromatic N) is 1. The van der Waals surface area contributed by atoms with Crippen LogP contribution >= 0.6 is 0 Å². The van der Waals surface area contributed by atoms with Crippen LogP contribution in [-0.2, 0) is 10.0 Å². The zero-order valence-electron chi connectivity index (χ0n) is 11.6. The Hall–Kier alpha value is -1.41. The smallest absolute Gasteiger partial charge is 0.273 e. The molecule has 0 atom stereocenters. The van der Waals surface area contributed by atoms with Gasteiger partial charge in [-0.15, -0.1) is 0 Å². The van der Waals surface area contributed by atoms with Gasteiger partial charge in [0.1, 0.15) is 4.90 Å². The number of hydrogen-bond acceptors (Lipinski definition) is 4. The van der Waals surface area contributed by atoms with E-state index in [4.69, 9.17) is 5.14 Å². The number of nitrogens with one attached hydrogen (secondary N) is 2. The van der Waals surface area contributed by atoms with Gasteiger partial charge in [0.2, 0.25) is 10.0 Å². The Kier molecular flexibility index (Phi) is 4.14. The van der Waals surface area contributed by atoms with Crippen LogP contribution in [0.3, 0.4) is 0 Å².